The van der Waals surface area contributed by atoms with Crippen molar-refractivity contribution in [1.82, 2.24) is 18.7 Å². The Morgan fingerprint density at radius 1 is 1.25 bits per heavy atom. The first-order valence-corrected chi connectivity index (χ1v) is 6.62. The molecule has 0 atom stereocenters. The molecular weight excluding hydrogens is 258 g/mol. The number of imidazole rings is 1. The van der Waals surface area contributed by atoms with E-state index in [-0.39, 0.29) is 18.5 Å². The van der Waals surface area contributed by atoms with Gasteiger partial charge in [0, 0.05) is 26.6 Å². The molecule has 0 aliphatic heterocycles. The second kappa shape index (κ2) is 5.33. The van der Waals surface area contributed by atoms with Crippen LogP contribution in [-0.2, 0) is 26.6 Å². The van der Waals surface area contributed by atoms with Crippen LogP contribution in [0.4, 0.5) is 0 Å². The molecule has 7 nitrogen and oxygen atoms in total. The van der Waals surface area contributed by atoms with Gasteiger partial charge in [-0.15, -0.1) is 0 Å². The summed E-state index contributed by atoms with van der Waals surface area (Å²) in [6.07, 6.45) is 0.815. The van der Waals surface area contributed by atoms with Crippen LogP contribution in [0.1, 0.15) is 26.1 Å². The van der Waals surface area contributed by atoms with Gasteiger partial charge in [-0.05, 0) is 6.92 Å². The topological polar surface area (TPSA) is 85.6 Å². The van der Waals surface area contributed by atoms with Crippen LogP contribution in [0.15, 0.2) is 9.59 Å². The summed E-state index contributed by atoms with van der Waals surface area (Å²) in [7, 11) is 1.60. The number of nitriles is 1. The summed E-state index contributed by atoms with van der Waals surface area (Å²) in [6.45, 7) is 4.61. The van der Waals surface area contributed by atoms with E-state index in [0.717, 1.165) is 10.4 Å². The molecule has 2 rings (SSSR count). The van der Waals surface area contributed by atoms with E-state index in [0.29, 0.717) is 24.1 Å². The van der Waals surface area contributed by atoms with Gasteiger partial charge in [-0.3, -0.25) is 13.9 Å². The Labute approximate surface area is 115 Å². The Morgan fingerprint density at radius 2 is 1.95 bits per heavy atom. The molecule has 0 aliphatic carbocycles. The van der Waals surface area contributed by atoms with E-state index < -0.39 is 5.69 Å². The van der Waals surface area contributed by atoms with Gasteiger partial charge in [0.2, 0.25) is 0 Å². The predicted molar refractivity (Wildman–Crippen MR) is 74.5 cm³/mol. The third kappa shape index (κ3) is 1.93. The maximum absolute atomic E-state index is 12.5. The lowest BCUT2D eigenvalue weighted by Crippen LogP contribution is -2.39. The van der Waals surface area contributed by atoms with Gasteiger partial charge in [-0.2, -0.15) is 5.26 Å². The summed E-state index contributed by atoms with van der Waals surface area (Å²) >= 11 is 0. The van der Waals surface area contributed by atoms with Crippen LogP contribution in [0.5, 0.6) is 0 Å². The van der Waals surface area contributed by atoms with Crippen molar-refractivity contribution in [2.24, 2.45) is 7.05 Å². The Hall–Kier alpha value is -2.36. The molecular formula is C13H17N5O2. The highest BCUT2D eigenvalue weighted by molar-refractivity contribution is 5.71. The Kier molecular flexibility index (Phi) is 3.74. The minimum Gasteiger partial charge on any atom is -0.322 e. The average molecular weight is 275 g/mol. The van der Waals surface area contributed by atoms with E-state index in [2.05, 4.69) is 4.98 Å². The third-order valence-corrected chi connectivity index (χ3v) is 3.39. The van der Waals surface area contributed by atoms with Gasteiger partial charge in [-0.1, -0.05) is 6.92 Å². The molecule has 20 heavy (non-hydrogen) atoms. The van der Waals surface area contributed by atoms with Crippen LogP contribution in [0.2, 0.25) is 0 Å². The molecule has 7 heteroatoms. The fourth-order valence-corrected chi connectivity index (χ4v) is 2.39. The van der Waals surface area contributed by atoms with Crippen molar-refractivity contribution in [3.05, 3.63) is 26.7 Å². The maximum atomic E-state index is 12.5. The molecule has 0 saturated heterocycles. The molecule has 106 valence electrons. The van der Waals surface area contributed by atoms with Gasteiger partial charge >= 0.3 is 5.69 Å². The fraction of sp³-hybridized carbons (Fsp3) is 0.538. The van der Waals surface area contributed by atoms with Crippen LogP contribution in [0.25, 0.3) is 11.2 Å². The third-order valence-electron chi connectivity index (χ3n) is 3.39. The molecule has 0 unspecified atom stereocenters. The second-order valence-corrected chi connectivity index (χ2v) is 4.50. The van der Waals surface area contributed by atoms with Gasteiger partial charge in [0.25, 0.3) is 5.56 Å². The Morgan fingerprint density at radius 3 is 2.50 bits per heavy atom. The van der Waals surface area contributed by atoms with Crippen molar-refractivity contribution in [1.29, 1.82) is 5.26 Å². The zero-order valence-corrected chi connectivity index (χ0v) is 11.9. The van der Waals surface area contributed by atoms with Crippen LogP contribution in [0.3, 0.4) is 0 Å². The zero-order chi connectivity index (χ0) is 14.9. The molecule has 0 amide bonds. The van der Waals surface area contributed by atoms with Crippen LogP contribution < -0.4 is 11.2 Å². The highest BCUT2D eigenvalue weighted by atomic mass is 16.2. The van der Waals surface area contributed by atoms with Crippen LogP contribution in [-0.4, -0.2) is 18.7 Å². The monoisotopic (exact) mass is 275 g/mol. The fourth-order valence-electron chi connectivity index (χ4n) is 2.39. The largest absolute Gasteiger partial charge is 0.332 e. The normalized spacial score (nSPS) is 10.9. The summed E-state index contributed by atoms with van der Waals surface area (Å²) in [5.41, 5.74) is 0.0462. The molecule has 2 aromatic heterocycles. The van der Waals surface area contributed by atoms with Crippen molar-refractivity contribution in [3.63, 3.8) is 0 Å². The van der Waals surface area contributed by atoms with Gasteiger partial charge in [0.1, 0.15) is 5.82 Å². The summed E-state index contributed by atoms with van der Waals surface area (Å²) in [5.74, 6) is 0.785. The summed E-state index contributed by atoms with van der Waals surface area (Å²) in [5, 5.41) is 8.64. The minimum atomic E-state index is -0.429. The van der Waals surface area contributed by atoms with Gasteiger partial charge in [0.05, 0.1) is 12.5 Å². The first-order chi connectivity index (χ1) is 9.56. The smallest absolute Gasteiger partial charge is 0.322 e. The van der Waals surface area contributed by atoms with Gasteiger partial charge < -0.3 is 4.57 Å². The van der Waals surface area contributed by atoms with Crippen molar-refractivity contribution in [2.45, 2.75) is 39.8 Å². The van der Waals surface area contributed by atoms with E-state index in [1.165, 1.54) is 4.57 Å². The standard InChI is InChI=1S/C13H17N5O2/c1-4-9-15-11-10(17(9)5-2)12(19)18(8-6-7-14)13(20)16(11)3/h4-6,8H2,1-3H3. The predicted octanol–water partition coefficient (Wildman–Crippen LogP) is 0.393. The van der Waals surface area contributed by atoms with E-state index in [9.17, 15) is 9.59 Å². The summed E-state index contributed by atoms with van der Waals surface area (Å²) in [4.78, 5) is 29.1. The molecule has 0 aromatic carbocycles. The van der Waals surface area contributed by atoms with E-state index in [1.54, 1.807) is 7.05 Å². The highest BCUT2D eigenvalue weighted by Gasteiger charge is 2.18. The van der Waals surface area contributed by atoms with E-state index in [4.69, 9.17) is 5.26 Å². The second-order valence-electron chi connectivity index (χ2n) is 4.50. The zero-order valence-electron chi connectivity index (χ0n) is 11.9. The molecule has 0 radical (unpaired) electrons. The lowest BCUT2D eigenvalue weighted by atomic mass is 10.4. The molecule has 0 fully saturated rings. The number of rotatable bonds is 4. The first kappa shape index (κ1) is 14.1. The van der Waals surface area contributed by atoms with Gasteiger partial charge in [0.15, 0.2) is 11.2 Å². The SMILES string of the molecule is CCc1nc2c(c(=O)n(CCC#N)c(=O)n2C)n1CC. The number of aryl methyl sites for hydroxylation is 3. The molecule has 0 bridgehead atoms. The lowest BCUT2D eigenvalue weighted by molar-refractivity contribution is 0.609. The van der Waals surface area contributed by atoms with Crippen molar-refractivity contribution < 1.29 is 0 Å². The molecule has 2 heterocycles. The Bertz CT molecular complexity index is 803. The maximum Gasteiger partial charge on any atom is 0.332 e. The highest BCUT2D eigenvalue weighted by Crippen LogP contribution is 2.11. The van der Waals surface area contributed by atoms with Crippen molar-refractivity contribution in [3.8, 4) is 6.07 Å². The average Bonchev–Trinajstić information content (AvgIpc) is 2.83. The van der Waals surface area contributed by atoms with Crippen LogP contribution in [0, 0.1) is 11.3 Å². The summed E-state index contributed by atoms with van der Waals surface area (Å²) < 4.78 is 4.32. The number of nitrogens with zero attached hydrogens (tertiary/aromatic N) is 5. The quantitative estimate of drug-likeness (QED) is 0.808. The number of aromatic nitrogens is 4. The van der Waals surface area contributed by atoms with E-state index in [1.807, 2.05) is 24.5 Å². The van der Waals surface area contributed by atoms with Crippen molar-refractivity contribution in [2.75, 3.05) is 0 Å². The van der Waals surface area contributed by atoms with Crippen molar-refractivity contribution >= 4 is 11.2 Å². The minimum absolute atomic E-state index is 0.105. The van der Waals surface area contributed by atoms with Crippen LogP contribution >= 0.6 is 0 Å². The Balaban J connectivity index is 2.90. The number of hydrogen-bond acceptors (Lipinski definition) is 4. The first-order valence-electron chi connectivity index (χ1n) is 6.62. The lowest BCUT2D eigenvalue weighted by Gasteiger charge is -2.07. The summed E-state index contributed by atoms with van der Waals surface area (Å²) in [6, 6.07) is 1.95. The molecule has 0 spiro atoms. The van der Waals surface area contributed by atoms with E-state index >= 15 is 0 Å². The molecule has 0 N–H and O–H groups in total. The number of hydrogen-bond donors (Lipinski definition) is 0. The number of fused-ring (bicyclic) bond motifs is 1. The van der Waals surface area contributed by atoms with Gasteiger partial charge in [-0.25, -0.2) is 9.78 Å². The molecule has 2 aromatic rings. The molecule has 0 aliphatic rings. The molecule has 0 saturated carbocycles.